The summed E-state index contributed by atoms with van der Waals surface area (Å²) in [5, 5.41) is 4.78. The number of aryl methyl sites for hydroxylation is 2. The number of anilines is 1. The number of imidazole rings is 1. The minimum atomic E-state index is -2.56. The van der Waals surface area contributed by atoms with Crippen LogP contribution in [0.2, 0.25) is 0 Å². The lowest BCUT2D eigenvalue weighted by Gasteiger charge is -2.34. The second kappa shape index (κ2) is 9.24. The van der Waals surface area contributed by atoms with Gasteiger partial charge in [0.05, 0.1) is 19.1 Å². The summed E-state index contributed by atoms with van der Waals surface area (Å²) >= 11 is 0. The third kappa shape index (κ3) is 4.56. The Labute approximate surface area is 213 Å². The van der Waals surface area contributed by atoms with Gasteiger partial charge < -0.3 is 14.2 Å². The third-order valence-corrected chi connectivity index (χ3v) is 7.26. The predicted octanol–water partition coefficient (Wildman–Crippen LogP) is 5.00. The van der Waals surface area contributed by atoms with Gasteiger partial charge in [-0.05, 0) is 49.6 Å². The van der Waals surface area contributed by atoms with Crippen LogP contribution in [0.1, 0.15) is 48.7 Å². The Morgan fingerprint density at radius 2 is 1.89 bits per heavy atom. The van der Waals surface area contributed by atoms with E-state index in [0.717, 1.165) is 47.8 Å². The maximum Gasteiger partial charge on any atom is 0.251 e. The van der Waals surface area contributed by atoms with E-state index in [4.69, 9.17) is 19.8 Å². The number of ether oxygens (including phenoxy) is 1. The van der Waals surface area contributed by atoms with E-state index in [1.807, 2.05) is 46.6 Å². The number of hydrogen-bond donors (Lipinski definition) is 0. The van der Waals surface area contributed by atoms with Gasteiger partial charge in [0.25, 0.3) is 5.92 Å². The van der Waals surface area contributed by atoms with E-state index in [1.165, 1.54) is 0 Å². The van der Waals surface area contributed by atoms with E-state index in [9.17, 15) is 8.78 Å². The van der Waals surface area contributed by atoms with Crippen molar-refractivity contribution in [2.45, 2.75) is 51.0 Å². The number of piperidine rings is 1. The number of benzene rings is 1. The van der Waals surface area contributed by atoms with Crippen molar-refractivity contribution in [2.75, 3.05) is 25.1 Å². The van der Waals surface area contributed by atoms with Crippen LogP contribution in [0.25, 0.3) is 17.2 Å². The van der Waals surface area contributed by atoms with Crippen LogP contribution < -0.4 is 9.64 Å². The van der Waals surface area contributed by atoms with Crippen molar-refractivity contribution in [3.63, 3.8) is 0 Å². The monoisotopic (exact) mass is 505 g/mol. The van der Waals surface area contributed by atoms with Crippen molar-refractivity contribution < 1.29 is 13.5 Å². The van der Waals surface area contributed by atoms with Crippen LogP contribution in [-0.2, 0) is 6.54 Å². The molecular formula is C27H29F2N7O. The zero-order valence-electron chi connectivity index (χ0n) is 20.9. The summed E-state index contributed by atoms with van der Waals surface area (Å²) in [6, 6.07) is 12.1. The van der Waals surface area contributed by atoms with Gasteiger partial charge in [0, 0.05) is 50.3 Å². The SMILES string of the molecule is COc1nc(-c2nc3n(n2)CCC[C@H]3c2cccc(N3CCC(F)(F)CC3)c2)ccc1-n1cnc(C)c1. The number of nitrogens with zero attached hydrogens (tertiary/aromatic N) is 7. The fourth-order valence-corrected chi connectivity index (χ4v) is 5.26. The summed E-state index contributed by atoms with van der Waals surface area (Å²) in [5.41, 5.74) is 4.46. The molecule has 1 saturated heterocycles. The second-order valence-corrected chi connectivity index (χ2v) is 9.80. The first-order valence-electron chi connectivity index (χ1n) is 12.6. The molecule has 0 spiro atoms. The Morgan fingerprint density at radius 3 is 2.65 bits per heavy atom. The molecule has 5 heterocycles. The Hall–Kier alpha value is -3.82. The Bertz CT molecular complexity index is 1420. The molecule has 4 aromatic rings. The highest BCUT2D eigenvalue weighted by molar-refractivity contribution is 5.56. The lowest BCUT2D eigenvalue weighted by Crippen LogP contribution is -2.39. The molecule has 10 heteroatoms. The van der Waals surface area contributed by atoms with Crippen LogP contribution in [0.15, 0.2) is 48.9 Å². The summed E-state index contributed by atoms with van der Waals surface area (Å²) in [6.45, 7) is 3.46. The second-order valence-electron chi connectivity index (χ2n) is 9.80. The van der Waals surface area contributed by atoms with E-state index in [2.05, 4.69) is 22.0 Å². The van der Waals surface area contributed by atoms with E-state index in [-0.39, 0.29) is 18.8 Å². The van der Waals surface area contributed by atoms with Gasteiger partial charge in [0.1, 0.15) is 17.2 Å². The van der Waals surface area contributed by atoms with Gasteiger partial charge in [0.2, 0.25) is 5.88 Å². The molecule has 0 saturated carbocycles. The number of rotatable bonds is 5. The van der Waals surface area contributed by atoms with Crippen LogP contribution in [0, 0.1) is 6.92 Å². The number of aromatic nitrogens is 6. The molecule has 37 heavy (non-hydrogen) atoms. The lowest BCUT2D eigenvalue weighted by atomic mass is 9.90. The molecule has 1 aromatic carbocycles. The summed E-state index contributed by atoms with van der Waals surface area (Å²) in [5.74, 6) is -0.548. The Balaban J connectivity index is 1.29. The van der Waals surface area contributed by atoms with Crippen LogP contribution in [0.4, 0.5) is 14.5 Å². The van der Waals surface area contributed by atoms with E-state index in [0.29, 0.717) is 30.5 Å². The van der Waals surface area contributed by atoms with Gasteiger partial charge in [-0.1, -0.05) is 12.1 Å². The largest absolute Gasteiger partial charge is 0.479 e. The van der Waals surface area contributed by atoms with Crippen molar-refractivity contribution in [3.8, 4) is 23.1 Å². The van der Waals surface area contributed by atoms with Crippen molar-refractivity contribution in [1.82, 2.24) is 29.3 Å². The molecule has 0 bridgehead atoms. The summed E-state index contributed by atoms with van der Waals surface area (Å²) in [4.78, 5) is 16.0. The third-order valence-electron chi connectivity index (χ3n) is 7.26. The molecule has 6 rings (SSSR count). The number of fused-ring (bicyclic) bond motifs is 1. The average molecular weight is 506 g/mol. The van der Waals surface area contributed by atoms with Crippen LogP contribution in [-0.4, -0.2) is 55.4 Å². The molecule has 2 aliphatic rings. The maximum atomic E-state index is 13.7. The maximum absolute atomic E-state index is 13.7. The first kappa shape index (κ1) is 23.6. The normalized spacial score (nSPS) is 19.0. The molecule has 192 valence electrons. The van der Waals surface area contributed by atoms with E-state index >= 15 is 0 Å². The van der Waals surface area contributed by atoms with Crippen LogP contribution >= 0.6 is 0 Å². The van der Waals surface area contributed by atoms with Crippen molar-refractivity contribution >= 4 is 5.69 Å². The van der Waals surface area contributed by atoms with Crippen molar-refractivity contribution in [2.24, 2.45) is 0 Å². The quantitative estimate of drug-likeness (QED) is 0.380. The smallest absolute Gasteiger partial charge is 0.251 e. The summed E-state index contributed by atoms with van der Waals surface area (Å²) in [7, 11) is 1.59. The number of pyridine rings is 1. The van der Waals surface area contributed by atoms with Crippen LogP contribution in [0.3, 0.4) is 0 Å². The van der Waals surface area contributed by atoms with Gasteiger partial charge in [0.15, 0.2) is 5.82 Å². The fraction of sp³-hybridized carbons (Fsp3) is 0.407. The van der Waals surface area contributed by atoms with Gasteiger partial charge in [-0.2, -0.15) is 0 Å². The lowest BCUT2D eigenvalue weighted by molar-refractivity contribution is -0.0220. The predicted molar refractivity (Wildman–Crippen MR) is 136 cm³/mol. The number of halogens is 2. The number of hydrogen-bond acceptors (Lipinski definition) is 6. The van der Waals surface area contributed by atoms with Gasteiger partial charge in [-0.25, -0.2) is 28.4 Å². The molecule has 0 N–H and O–H groups in total. The molecule has 1 atom stereocenters. The topological polar surface area (TPSA) is 73.9 Å². The zero-order valence-corrected chi connectivity index (χ0v) is 20.9. The summed E-state index contributed by atoms with van der Waals surface area (Å²) < 4.78 is 36.8. The standard InChI is InChI=1S/C27H29F2N7O/c1-18-16-35(17-30-18)23-9-8-22(31-26(23)37-2)24-32-25-21(7-4-12-36(25)33-24)19-5-3-6-20(15-19)34-13-10-27(28,29)11-14-34/h3,5-6,8-9,15-17,21H,4,7,10-14H2,1-2H3/t21-/m0/s1. The minimum absolute atomic E-state index is 0.0799. The average Bonchev–Trinajstić information content (AvgIpc) is 3.54. The highest BCUT2D eigenvalue weighted by Gasteiger charge is 2.34. The van der Waals surface area contributed by atoms with Crippen LogP contribution in [0.5, 0.6) is 5.88 Å². The first-order valence-corrected chi connectivity index (χ1v) is 12.6. The van der Waals surface area contributed by atoms with Gasteiger partial charge in [-0.15, -0.1) is 5.10 Å². The molecule has 0 unspecified atom stereocenters. The highest BCUT2D eigenvalue weighted by atomic mass is 19.3. The number of alkyl halides is 2. The van der Waals surface area contributed by atoms with Gasteiger partial charge in [-0.3, -0.25) is 0 Å². The molecule has 1 fully saturated rings. The van der Waals surface area contributed by atoms with E-state index in [1.54, 1.807) is 13.4 Å². The molecule has 0 amide bonds. The Kier molecular flexibility index (Phi) is 5.89. The fourth-order valence-electron chi connectivity index (χ4n) is 5.26. The molecule has 8 nitrogen and oxygen atoms in total. The minimum Gasteiger partial charge on any atom is -0.479 e. The Morgan fingerprint density at radius 1 is 1.05 bits per heavy atom. The van der Waals surface area contributed by atoms with E-state index < -0.39 is 5.92 Å². The molecular weight excluding hydrogens is 476 g/mol. The summed E-state index contributed by atoms with van der Waals surface area (Å²) in [6.07, 6.45) is 5.38. The van der Waals surface area contributed by atoms with Crippen molar-refractivity contribution in [1.29, 1.82) is 0 Å². The molecule has 0 radical (unpaired) electrons. The first-order chi connectivity index (χ1) is 17.9. The zero-order chi connectivity index (χ0) is 25.6. The van der Waals surface area contributed by atoms with Gasteiger partial charge >= 0.3 is 0 Å². The molecule has 2 aliphatic heterocycles. The number of methoxy groups -OCH3 is 1. The van der Waals surface area contributed by atoms with Crippen molar-refractivity contribution in [3.05, 3.63) is 66.0 Å². The highest BCUT2D eigenvalue weighted by Crippen LogP contribution is 2.37. The molecule has 3 aromatic heterocycles. The molecule has 0 aliphatic carbocycles.